The van der Waals surface area contributed by atoms with E-state index >= 15 is 0 Å². The van der Waals surface area contributed by atoms with Crippen LogP contribution in [-0.4, -0.2) is 36.0 Å². The van der Waals surface area contributed by atoms with Crippen molar-refractivity contribution >= 4 is 17.5 Å². The predicted octanol–water partition coefficient (Wildman–Crippen LogP) is 4.09. The summed E-state index contributed by atoms with van der Waals surface area (Å²) in [6, 6.07) is 15.7. The van der Waals surface area contributed by atoms with Crippen molar-refractivity contribution in [3.63, 3.8) is 0 Å². The van der Waals surface area contributed by atoms with Crippen LogP contribution in [0.3, 0.4) is 0 Å². The van der Waals surface area contributed by atoms with Crippen molar-refractivity contribution in [2.75, 3.05) is 18.5 Å². The average molecular weight is 378 g/mol. The van der Waals surface area contributed by atoms with E-state index in [1.807, 2.05) is 23.1 Å². The molecule has 2 aromatic carbocycles. The fraction of sp³-hybridized carbons (Fsp3) is 0.391. The molecule has 2 saturated heterocycles. The number of hydrogen-bond donors (Lipinski definition) is 1. The number of amides is 2. The molecule has 2 atom stereocenters. The molecule has 5 nitrogen and oxygen atoms in total. The van der Waals surface area contributed by atoms with Gasteiger partial charge in [-0.1, -0.05) is 35.9 Å². The van der Waals surface area contributed by atoms with E-state index in [1.54, 1.807) is 6.07 Å². The van der Waals surface area contributed by atoms with E-state index in [2.05, 4.69) is 36.5 Å². The Morgan fingerprint density at radius 3 is 2.64 bits per heavy atom. The highest BCUT2D eigenvalue weighted by atomic mass is 16.5. The molecule has 2 unspecified atom stereocenters. The molecule has 28 heavy (non-hydrogen) atoms. The lowest BCUT2D eigenvalue weighted by Gasteiger charge is -2.25. The number of carbonyl (C=O) groups is 2. The predicted molar refractivity (Wildman–Crippen MR) is 108 cm³/mol. The Morgan fingerprint density at radius 2 is 1.89 bits per heavy atom. The van der Waals surface area contributed by atoms with Gasteiger partial charge in [0.05, 0.1) is 6.04 Å². The van der Waals surface area contributed by atoms with E-state index in [-0.39, 0.29) is 24.0 Å². The number of rotatable bonds is 4. The fourth-order valence-corrected chi connectivity index (χ4v) is 4.05. The molecule has 2 aliphatic heterocycles. The van der Waals surface area contributed by atoms with Crippen LogP contribution in [0.2, 0.25) is 0 Å². The standard InChI is InChI=1S/C23H26N2O3/c1-16-9-11-17(12-10-16)20-7-3-13-25(20)23(27)18-5-2-6-19(15-18)24-22(26)21-8-4-14-28-21/h2,5-6,9-12,15,20-21H,3-4,7-8,13-14H2,1H3,(H,24,26). The smallest absolute Gasteiger partial charge is 0.254 e. The number of carbonyl (C=O) groups excluding carboxylic acids is 2. The topological polar surface area (TPSA) is 58.6 Å². The highest BCUT2D eigenvalue weighted by Gasteiger charge is 2.31. The molecule has 4 rings (SSSR count). The molecule has 146 valence electrons. The molecule has 0 radical (unpaired) electrons. The first kappa shape index (κ1) is 18.7. The lowest BCUT2D eigenvalue weighted by atomic mass is 10.0. The van der Waals surface area contributed by atoms with Gasteiger partial charge in [0.2, 0.25) is 0 Å². The summed E-state index contributed by atoms with van der Waals surface area (Å²) < 4.78 is 5.43. The Balaban J connectivity index is 1.49. The minimum absolute atomic E-state index is 0.0105. The third-order valence-electron chi connectivity index (χ3n) is 5.57. The van der Waals surface area contributed by atoms with Crippen molar-refractivity contribution < 1.29 is 14.3 Å². The van der Waals surface area contributed by atoms with Crippen molar-refractivity contribution in [2.24, 2.45) is 0 Å². The van der Waals surface area contributed by atoms with E-state index in [9.17, 15) is 9.59 Å². The number of anilines is 1. The molecule has 0 aliphatic carbocycles. The van der Waals surface area contributed by atoms with Crippen molar-refractivity contribution in [3.05, 3.63) is 65.2 Å². The fourth-order valence-electron chi connectivity index (χ4n) is 4.05. The quantitative estimate of drug-likeness (QED) is 0.872. The van der Waals surface area contributed by atoms with Crippen LogP contribution in [0.15, 0.2) is 48.5 Å². The number of nitrogens with one attached hydrogen (secondary N) is 1. The molecular weight excluding hydrogens is 352 g/mol. The van der Waals surface area contributed by atoms with E-state index in [0.29, 0.717) is 17.9 Å². The van der Waals surface area contributed by atoms with Gasteiger partial charge in [-0.15, -0.1) is 0 Å². The molecule has 2 fully saturated rings. The summed E-state index contributed by atoms with van der Waals surface area (Å²) in [4.78, 5) is 27.4. The molecule has 1 N–H and O–H groups in total. The van der Waals surface area contributed by atoms with Gasteiger partial charge in [-0.25, -0.2) is 0 Å². The van der Waals surface area contributed by atoms with Crippen molar-refractivity contribution in [2.45, 2.75) is 44.8 Å². The molecule has 5 heteroatoms. The lowest BCUT2D eigenvalue weighted by Crippen LogP contribution is -2.31. The molecular formula is C23H26N2O3. The summed E-state index contributed by atoms with van der Waals surface area (Å²) in [5, 5.41) is 2.88. The second-order valence-electron chi connectivity index (χ2n) is 7.64. The largest absolute Gasteiger partial charge is 0.368 e. The molecule has 2 amide bonds. The molecule has 2 heterocycles. The summed E-state index contributed by atoms with van der Waals surface area (Å²) >= 11 is 0. The SMILES string of the molecule is Cc1ccc(C2CCCN2C(=O)c2cccc(NC(=O)C3CCCO3)c2)cc1. The van der Waals surface area contributed by atoms with Gasteiger partial charge < -0.3 is 15.0 Å². The van der Waals surface area contributed by atoms with Gasteiger partial charge in [-0.05, 0) is 56.4 Å². The van der Waals surface area contributed by atoms with Gasteiger partial charge >= 0.3 is 0 Å². The number of nitrogens with zero attached hydrogens (tertiary/aromatic N) is 1. The zero-order valence-electron chi connectivity index (χ0n) is 16.2. The van der Waals surface area contributed by atoms with Crippen LogP contribution in [0.1, 0.15) is 53.2 Å². The van der Waals surface area contributed by atoms with E-state index < -0.39 is 0 Å². The van der Waals surface area contributed by atoms with Crippen molar-refractivity contribution in [1.82, 2.24) is 4.90 Å². The van der Waals surface area contributed by atoms with Crippen molar-refractivity contribution in [1.29, 1.82) is 0 Å². The van der Waals surface area contributed by atoms with E-state index in [0.717, 1.165) is 32.2 Å². The molecule has 0 saturated carbocycles. The minimum Gasteiger partial charge on any atom is -0.368 e. The third-order valence-corrected chi connectivity index (χ3v) is 5.57. The summed E-state index contributed by atoms with van der Waals surface area (Å²) in [6.45, 7) is 3.45. The molecule has 2 aliphatic rings. The summed E-state index contributed by atoms with van der Waals surface area (Å²) in [6.07, 6.45) is 3.25. The first-order valence-electron chi connectivity index (χ1n) is 10.0. The molecule has 0 aromatic heterocycles. The van der Waals surface area contributed by atoms with Crippen molar-refractivity contribution in [3.8, 4) is 0 Å². The Hall–Kier alpha value is -2.66. The first-order chi connectivity index (χ1) is 13.6. The Morgan fingerprint density at radius 1 is 1.07 bits per heavy atom. The highest BCUT2D eigenvalue weighted by molar-refractivity contribution is 5.98. The summed E-state index contributed by atoms with van der Waals surface area (Å²) in [5.41, 5.74) is 3.63. The van der Waals surface area contributed by atoms with Crippen LogP contribution in [0.4, 0.5) is 5.69 Å². The second-order valence-corrected chi connectivity index (χ2v) is 7.64. The number of likely N-dealkylation sites (tertiary alicyclic amines) is 1. The minimum atomic E-state index is -0.385. The van der Waals surface area contributed by atoms with Crippen LogP contribution in [0.5, 0.6) is 0 Å². The van der Waals surface area contributed by atoms with Gasteiger partial charge in [-0.2, -0.15) is 0 Å². The Bertz CT molecular complexity index is 856. The van der Waals surface area contributed by atoms with Gasteiger partial charge in [0.25, 0.3) is 11.8 Å². The van der Waals surface area contributed by atoms with E-state index in [1.165, 1.54) is 11.1 Å². The summed E-state index contributed by atoms with van der Waals surface area (Å²) in [7, 11) is 0. The van der Waals surface area contributed by atoms with Gasteiger partial charge in [0.1, 0.15) is 6.10 Å². The number of aryl methyl sites for hydroxylation is 1. The van der Waals surface area contributed by atoms with Crippen LogP contribution in [-0.2, 0) is 9.53 Å². The molecule has 0 spiro atoms. The summed E-state index contributed by atoms with van der Waals surface area (Å²) in [5.74, 6) is -0.128. The average Bonchev–Trinajstić information content (AvgIpc) is 3.40. The molecule has 2 aromatic rings. The van der Waals surface area contributed by atoms with Gasteiger partial charge in [0, 0.05) is 24.4 Å². The Kier molecular flexibility index (Phi) is 5.44. The number of benzene rings is 2. The normalized spacial score (nSPS) is 21.7. The number of hydrogen-bond acceptors (Lipinski definition) is 3. The highest BCUT2D eigenvalue weighted by Crippen LogP contribution is 2.33. The Labute approximate surface area is 165 Å². The van der Waals surface area contributed by atoms with Gasteiger partial charge in [0.15, 0.2) is 0 Å². The van der Waals surface area contributed by atoms with Crippen LogP contribution in [0.25, 0.3) is 0 Å². The second kappa shape index (κ2) is 8.15. The maximum Gasteiger partial charge on any atom is 0.254 e. The van der Waals surface area contributed by atoms with E-state index in [4.69, 9.17) is 4.74 Å². The zero-order valence-corrected chi connectivity index (χ0v) is 16.2. The third kappa shape index (κ3) is 3.94. The van der Waals surface area contributed by atoms with Crippen LogP contribution >= 0.6 is 0 Å². The first-order valence-corrected chi connectivity index (χ1v) is 10.0. The molecule has 0 bridgehead atoms. The van der Waals surface area contributed by atoms with Crippen LogP contribution < -0.4 is 5.32 Å². The van der Waals surface area contributed by atoms with Crippen LogP contribution in [0, 0.1) is 6.92 Å². The lowest BCUT2D eigenvalue weighted by molar-refractivity contribution is -0.124. The number of ether oxygens (including phenoxy) is 1. The monoisotopic (exact) mass is 378 g/mol. The van der Waals surface area contributed by atoms with Gasteiger partial charge in [-0.3, -0.25) is 9.59 Å². The maximum absolute atomic E-state index is 13.2. The zero-order chi connectivity index (χ0) is 19.5. The maximum atomic E-state index is 13.2.